The minimum absolute atomic E-state index is 0. The zero-order valence-corrected chi connectivity index (χ0v) is 15.1. The Hall–Kier alpha value is -2.04. The van der Waals surface area contributed by atoms with Crippen LogP contribution in [0, 0.1) is 5.92 Å². The highest BCUT2D eigenvalue weighted by Crippen LogP contribution is 2.32. The van der Waals surface area contributed by atoms with Crippen molar-refractivity contribution in [2.45, 2.75) is 26.0 Å². The van der Waals surface area contributed by atoms with E-state index >= 15 is 0 Å². The van der Waals surface area contributed by atoms with Gasteiger partial charge in [0, 0.05) is 26.1 Å². The molecule has 2 aliphatic heterocycles. The molecule has 2 aliphatic rings. The van der Waals surface area contributed by atoms with Gasteiger partial charge in [0.15, 0.2) is 0 Å². The summed E-state index contributed by atoms with van der Waals surface area (Å²) in [6.07, 6.45) is 1.25. The molecule has 1 atom stereocenters. The van der Waals surface area contributed by atoms with E-state index in [0.717, 1.165) is 30.8 Å². The summed E-state index contributed by atoms with van der Waals surface area (Å²) in [5, 5.41) is 6.12. The lowest BCUT2D eigenvalue weighted by atomic mass is 10.00. The topological polar surface area (TPSA) is 50.4 Å². The Kier molecular flexibility index (Phi) is 5.30. The second kappa shape index (κ2) is 7.46. The fourth-order valence-electron chi connectivity index (χ4n) is 3.22. The molecule has 2 N–H and O–H groups in total. The van der Waals surface area contributed by atoms with Crippen LogP contribution < -0.4 is 15.4 Å². The van der Waals surface area contributed by atoms with Crippen LogP contribution in [0.4, 0.5) is 0 Å². The molecule has 1 amide bonds. The van der Waals surface area contributed by atoms with E-state index in [0.29, 0.717) is 6.54 Å². The van der Waals surface area contributed by atoms with E-state index in [4.69, 9.17) is 4.74 Å². The third-order valence-corrected chi connectivity index (χ3v) is 4.80. The molecule has 0 saturated carbocycles. The lowest BCUT2D eigenvalue weighted by Crippen LogP contribution is -2.50. The predicted octanol–water partition coefficient (Wildman–Crippen LogP) is 2.93. The molecule has 0 aliphatic carbocycles. The first kappa shape index (κ1) is 17.8. The van der Waals surface area contributed by atoms with Crippen molar-refractivity contribution in [3.63, 3.8) is 0 Å². The van der Waals surface area contributed by atoms with Gasteiger partial charge < -0.3 is 15.4 Å². The highest BCUT2D eigenvalue weighted by Gasteiger charge is 2.24. The maximum absolute atomic E-state index is 11.9. The molecule has 0 spiro atoms. The summed E-state index contributed by atoms with van der Waals surface area (Å²) in [7, 11) is 0. The zero-order valence-electron chi connectivity index (χ0n) is 14.2. The Bertz CT molecular complexity index is 757. The van der Waals surface area contributed by atoms with E-state index in [1.165, 1.54) is 16.7 Å². The van der Waals surface area contributed by atoms with Gasteiger partial charge in [0.05, 0.1) is 5.92 Å². The highest BCUT2D eigenvalue weighted by molar-refractivity contribution is 5.85. The first-order valence-electron chi connectivity index (χ1n) is 8.56. The first-order chi connectivity index (χ1) is 11.7. The van der Waals surface area contributed by atoms with Crippen LogP contribution in [-0.4, -0.2) is 25.1 Å². The maximum atomic E-state index is 11.9. The molecule has 4 rings (SSSR count). The Balaban J connectivity index is 0.00000182. The van der Waals surface area contributed by atoms with Gasteiger partial charge in [0.25, 0.3) is 0 Å². The number of hydrogen-bond donors (Lipinski definition) is 2. The molecule has 0 bridgehead atoms. The highest BCUT2D eigenvalue weighted by atomic mass is 35.5. The van der Waals surface area contributed by atoms with Crippen LogP contribution in [0.2, 0.25) is 0 Å². The monoisotopic (exact) mass is 358 g/mol. The molecule has 25 heavy (non-hydrogen) atoms. The number of hydrogen-bond acceptors (Lipinski definition) is 3. The van der Waals surface area contributed by atoms with Gasteiger partial charge in [0.2, 0.25) is 5.91 Å². The average molecular weight is 359 g/mol. The van der Waals surface area contributed by atoms with Crippen molar-refractivity contribution in [3.05, 3.63) is 53.6 Å². The molecule has 0 radical (unpaired) electrons. The number of fused-ring (bicyclic) bond motifs is 1. The van der Waals surface area contributed by atoms with Gasteiger partial charge in [-0.05, 0) is 41.3 Å². The number of carbonyl (C=O) groups excluding carboxylic acids is 1. The largest absolute Gasteiger partial charge is 0.490 e. The number of ether oxygens (including phenoxy) is 1. The van der Waals surface area contributed by atoms with Crippen molar-refractivity contribution < 1.29 is 9.53 Å². The molecule has 5 heteroatoms. The molecule has 2 heterocycles. The summed E-state index contributed by atoms with van der Waals surface area (Å²) in [5.41, 5.74) is 4.81. The molecule has 132 valence electrons. The fourth-order valence-corrected chi connectivity index (χ4v) is 3.22. The maximum Gasteiger partial charge on any atom is 0.225 e. The number of benzene rings is 2. The van der Waals surface area contributed by atoms with E-state index < -0.39 is 0 Å². The van der Waals surface area contributed by atoms with Crippen LogP contribution in [0.1, 0.15) is 18.1 Å². The minimum atomic E-state index is 0. The van der Waals surface area contributed by atoms with Gasteiger partial charge in [-0.25, -0.2) is 0 Å². The second-order valence-corrected chi connectivity index (χ2v) is 6.72. The smallest absolute Gasteiger partial charge is 0.225 e. The third-order valence-electron chi connectivity index (χ3n) is 4.80. The van der Waals surface area contributed by atoms with Crippen molar-refractivity contribution >= 4 is 18.3 Å². The molecule has 1 unspecified atom stereocenters. The van der Waals surface area contributed by atoms with Crippen LogP contribution in [0.5, 0.6) is 5.75 Å². The summed E-state index contributed by atoms with van der Waals surface area (Å²) >= 11 is 0. The lowest BCUT2D eigenvalue weighted by Gasteiger charge is -2.25. The van der Waals surface area contributed by atoms with Gasteiger partial charge in [-0.2, -0.15) is 0 Å². The summed E-state index contributed by atoms with van der Waals surface area (Å²) in [5.74, 6) is 1.29. The summed E-state index contributed by atoms with van der Waals surface area (Å²) in [6, 6.07) is 14.8. The van der Waals surface area contributed by atoms with Gasteiger partial charge in [-0.3, -0.25) is 4.79 Å². The molecule has 1 saturated heterocycles. The molecular formula is C20H23ClN2O2. The second-order valence-electron chi connectivity index (χ2n) is 6.72. The van der Waals surface area contributed by atoms with Gasteiger partial charge >= 0.3 is 0 Å². The Labute approximate surface area is 154 Å². The Morgan fingerprint density at radius 1 is 1.16 bits per heavy atom. The van der Waals surface area contributed by atoms with E-state index in [9.17, 15) is 4.79 Å². The van der Waals surface area contributed by atoms with Crippen molar-refractivity contribution in [3.8, 4) is 16.9 Å². The molecular weight excluding hydrogens is 336 g/mol. The number of nitrogens with one attached hydrogen (secondary N) is 2. The summed E-state index contributed by atoms with van der Waals surface area (Å²) in [4.78, 5) is 11.9. The van der Waals surface area contributed by atoms with E-state index in [2.05, 4.69) is 60.0 Å². The molecule has 0 aromatic heterocycles. The molecule has 2 aromatic rings. The van der Waals surface area contributed by atoms with E-state index in [1.807, 2.05) is 0 Å². The average Bonchev–Trinajstić information content (AvgIpc) is 2.91. The summed E-state index contributed by atoms with van der Waals surface area (Å²) in [6.45, 7) is 4.28. The minimum Gasteiger partial charge on any atom is -0.490 e. The SMILES string of the molecule is CC1Cc2cc(-c3ccc(CNC(=O)C4CNC4)cc3)ccc2O1.Cl. The van der Waals surface area contributed by atoms with Crippen LogP contribution in [0.3, 0.4) is 0 Å². The fraction of sp³-hybridized carbons (Fsp3) is 0.350. The number of amides is 1. The number of halogens is 1. The van der Waals surface area contributed by atoms with Crippen molar-refractivity contribution in [2.24, 2.45) is 5.92 Å². The van der Waals surface area contributed by atoms with E-state index in [1.54, 1.807) is 0 Å². The normalized spacial score (nSPS) is 18.5. The molecule has 4 nitrogen and oxygen atoms in total. The van der Waals surface area contributed by atoms with Crippen LogP contribution in [-0.2, 0) is 17.8 Å². The standard InChI is InChI=1S/C20H22N2O2.ClH/c1-13-8-17-9-16(6-7-19(17)24-13)15-4-2-14(3-5-15)10-22-20(23)18-11-21-12-18;/h2-7,9,13,18,21H,8,10-12H2,1H3,(H,22,23);1H. The quantitative estimate of drug-likeness (QED) is 0.883. The number of rotatable bonds is 4. The predicted molar refractivity (Wildman–Crippen MR) is 101 cm³/mol. The van der Waals surface area contributed by atoms with Gasteiger partial charge in [-0.15, -0.1) is 12.4 Å². The molecule has 1 fully saturated rings. The van der Waals surface area contributed by atoms with Gasteiger partial charge in [0.1, 0.15) is 11.9 Å². The third kappa shape index (κ3) is 3.80. The van der Waals surface area contributed by atoms with Crippen LogP contribution >= 0.6 is 12.4 Å². The Morgan fingerprint density at radius 3 is 2.56 bits per heavy atom. The van der Waals surface area contributed by atoms with Crippen LogP contribution in [0.15, 0.2) is 42.5 Å². The zero-order chi connectivity index (χ0) is 16.5. The summed E-state index contributed by atoms with van der Waals surface area (Å²) < 4.78 is 5.76. The van der Waals surface area contributed by atoms with Crippen LogP contribution in [0.25, 0.3) is 11.1 Å². The van der Waals surface area contributed by atoms with Crippen molar-refractivity contribution in [1.29, 1.82) is 0 Å². The Morgan fingerprint density at radius 2 is 1.88 bits per heavy atom. The lowest BCUT2D eigenvalue weighted by molar-refractivity contribution is -0.126. The van der Waals surface area contributed by atoms with Gasteiger partial charge in [-0.1, -0.05) is 30.3 Å². The van der Waals surface area contributed by atoms with Crippen molar-refractivity contribution in [1.82, 2.24) is 10.6 Å². The number of carbonyl (C=O) groups is 1. The molecule has 2 aromatic carbocycles. The first-order valence-corrected chi connectivity index (χ1v) is 8.56. The van der Waals surface area contributed by atoms with E-state index in [-0.39, 0.29) is 30.3 Å². The van der Waals surface area contributed by atoms with Crippen molar-refractivity contribution in [2.75, 3.05) is 13.1 Å².